The maximum atomic E-state index is 10.4. The molecule has 71 valence electrons. The van der Waals surface area contributed by atoms with Crippen LogP contribution in [-0.4, -0.2) is 6.61 Å². The predicted molar refractivity (Wildman–Crippen MR) is 52.6 cm³/mol. The number of allylic oxidation sites excluding steroid dienone is 2. The molecule has 0 bridgehead atoms. The fraction of sp³-hybridized carbons (Fsp3) is 0.818. The molecule has 1 nitrogen and oxygen atoms in total. The second-order valence-electron chi connectivity index (χ2n) is 3.46. The average molecular weight is 169 g/mol. The molecule has 0 rings (SSSR count). The zero-order chi connectivity index (χ0) is 9.23. The maximum Gasteiger partial charge on any atom is 0.0847 e. The van der Waals surface area contributed by atoms with Gasteiger partial charge in [0.2, 0.25) is 0 Å². The molecule has 1 heteroatoms. The van der Waals surface area contributed by atoms with Crippen LogP contribution in [0.4, 0.5) is 0 Å². The summed E-state index contributed by atoms with van der Waals surface area (Å²) in [6.45, 7) is 4.30. The molecule has 0 aromatic rings. The van der Waals surface area contributed by atoms with E-state index < -0.39 is 0 Å². The Hall–Kier alpha value is -0.300. The van der Waals surface area contributed by atoms with Crippen molar-refractivity contribution in [2.24, 2.45) is 5.92 Å². The summed E-state index contributed by atoms with van der Waals surface area (Å²) < 4.78 is 0. The molecule has 0 fully saturated rings. The summed E-state index contributed by atoms with van der Waals surface area (Å²) >= 11 is 0. The molecule has 12 heavy (non-hydrogen) atoms. The van der Waals surface area contributed by atoms with Crippen molar-refractivity contribution in [1.82, 2.24) is 0 Å². The fourth-order valence-corrected chi connectivity index (χ4v) is 1.07. The van der Waals surface area contributed by atoms with Crippen LogP contribution in [-0.2, 0) is 5.11 Å². The van der Waals surface area contributed by atoms with E-state index in [2.05, 4.69) is 19.1 Å². The van der Waals surface area contributed by atoms with Gasteiger partial charge in [-0.25, -0.2) is 5.11 Å². The molecule has 1 unspecified atom stereocenters. The molecule has 0 N–H and O–H groups in total. The van der Waals surface area contributed by atoms with Crippen molar-refractivity contribution >= 4 is 0 Å². The van der Waals surface area contributed by atoms with Crippen LogP contribution < -0.4 is 0 Å². The zero-order valence-corrected chi connectivity index (χ0v) is 8.38. The minimum atomic E-state index is 0.0820. The Labute approximate surface area is 76.5 Å². The van der Waals surface area contributed by atoms with Gasteiger partial charge in [0.1, 0.15) is 0 Å². The molecule has 1 radical (unpaired) electrons. The normalized spacial score (nSPS) is 13.9. The van der Waals surface area contributed by atoms with Crippen LogP contribution in [0.1, 0.15) is 46.0 Å². The van der Waals surface area contributed by atoms with Crippen LogP contribution in [0.2, 0.25) is 0 Å². The van der Waals surface area contributed by atoms with E-state index in [0.29, 0.717) is 5.92 Å². The summed E-state index contributed by atoms with van der Waals surface area (Å²) in [5.74, 6) is 0.365. The Kier molecular flexibility index (Phi) is 8.57. The maximum absolute atomic E-state index is 10.4. The van der Waals surface area contributed by atoms with Crippen LogP contribution in [0.3, 0.4) is 0 Å². The van der Waals surface area contributed by atoms with Gasteiger partial charge in [0, 0.05) is 0 Å². The summed E-state index contributed by atoms with van der Waals surface area (Å²) in [6, 6.07) is 0. The fourth-order valence-electron chi connectivity index (χ4n) is 1.07. The Balaban J connectivity index is 3.09. The molecule has 0 aliphatic rings. The lowest BCUT2D eigenvalue weighted by Crippen LogP contribution is -1.97. The summed E-state index contributed by atoms with van der Waals surface area (Å²) in [5.41, 5.74) is 0. The van der Waals surface area contributed by atoms with Crippen molar-refractivity contribution in [1.29, 1.82) is 0 Å². The minimum Gasteiger partial charge on any atom is -0.236 e. The lowest BCUT2D eigenvalue weighted by Gasteiger charge is -2.03. The monoisotopic (exact) mass is 169 g/mol. The van der Waals surface area contributed by atoms with E-state index in [4.69, 9.17) is 0 Å². The molecule has 0 heterocycles. The van der Waals surface area contributed by atoms with Crippen molar-refractivity contribution in [2.75, 3.05) is 6.61 Å². The van der Waals surface area contributed by atoms with Gasteiger partial charge >= 0.3 is 0 Å². The first-order valence-electron chi connectivity index (χ1n) is 5.04. The highest BCUT2D eigenvalue weighted by Gasteiger charge is 1.97. The molecule has 0 saturated heterocycles. The van der Waals surface area contributed by atoms with Crippen molar-refractivity contribution in [2.45, 2.75) is 46.0 Å². The first-order chi connectivity index (χ1) is 5.81. The van der Waals surface area contributed by atoms with E-state index in [-0.39, 0.29) is 6.61 Å². The number of hydrogen-bond donors (Lipinski definition) is 0. The van der Waals surface area contributed by atoms with Gasteiger partial charge in [-0.15, -0.1) is 0 Å². The van der Waals surface area contributed by atoms with Gasteiger partial charge in [0.15, 0.2) is 0 Å². The smallest absolute Gasteiger partial charge is 0.0847 e. The SMILES string of the molecule is CCC/C=C/CCCC(C)C[O]. The highest BCUT2D eigenvalue weighted by atomic mass is 16.3. The largest absolute Gasteiger partial charge is 0.236 e. The molecule has 0 aliphatic carbocycles. The molecular weight excluding hydrogens is 148 g/mol. The molecule has 1 atom stereocenters. The highest BCUT2D eigenvalue weighted by molar-refractivity contribution is 4.80. The second kappa shape index (κ2) is 8.79. The number of unbranched alkanes of at least 4 members (excludes halogenated alkanes) is 2. The van der Waals surface area contributed by atoms with Gasteiger partial charge < -0.3 is 0 Å². The van der Waals surface area contributed by atoms with Crippen LogP contribution in [0.15, 0.2) is 12.2 Å². The number of rotatable bonds is 7. The Morgan fingerprint density at radius 3 is 2.50 bits per heavy atom. The van der Waals surface area contributed by atoms with Gasteiger partial charge in [-0.1, -0.05) is 32.4 Å². The molecule has 0 spiro atoms. The van der Waals surface area contributed by atoms with Crippen molar-refractivity contribution in [3.63, 3.8) is 0 Å². The summed E-state index contributed by atoms with van der Waals surface area (Å²) in [7, 11) is 0. The second-order valence-corrected chi connectivity index (χ2v) is 3.46. The quantitative estimate of drug-likeness (QED) is 0.410. The highest BCUT2D eigenvalue weighted by Crippen LogP contribution is 2.07. The van der Waals surface area contributed by atoms with Gasteiger partial charge in [0.05, 0.1) is 6.61 Å². The van der Waals surface area contributed by atoms with E-state index in [0.717, 1.165) is 12.8 Å². The Bertz CT molecular complexity index is 108. The molecule has 0 aromatic carbocycles. The standard InChI is InChI=1S/C11H21O/c1-3-4-5-6-7-8-9-11(2)10-12/h5-6,11H,3-4,7-10H2,1-2H3/b6-5+. The Morgan fingerprint density at radius 2 is 1.92 bits per heavy atom. The summed E-state index contributed by atoms with van der Waals surface area (Å²) in [5, 5.41) is 10.4. The summed E-state index contributed by atoms with van der Waals surface area (Å²) in [6.07, 6.45) is 10.3. The van der Waals surface area contributed by atoms with E-state index >= 15 is 0 Å². The van der Waals surface area contributed by atoms with E-state index in [1.54, 1.807) is 0 Å². The summed E-state index contributed by atoms with van der Waals surface area (Å²) in [4.78, 5) is 0. The number of hydrogen-bond acceptors (Lipinski definition) is 0. The van der Waals surface area contributed by atoms with Gasteiger partial charge in [-0.2, -0.15) is 0 Å². The third kappa shape index (κ3) is 7.80. The Morgan fingerprint density at radius 1 is 1.25 bits per heavy atom. The molecule has 0 aliphatic heterocycles. The first kappa shape index (κ1) is 11.7. The predicted octanol–water partition coefficient (Wildman–Crippen LogP) is 3.58. The molecule has 0 saturated carbocycles. The topological polar surface area (TPSA) is 19.9 Å². The van der Waals surface area contributed by atoms with Gasteiger partial charge in [-0.05, 0) is 31.6 Å². The lowest BCUT2D eigenvalue weighted by molar-refractivity contribution is 0.146. The van der Waals surface area contributed by atoms with Crippen LogP contribution in [0.25, 0.3) is 0 Å². The van der Waals surface area contributed by atoms with Gasteiger partial charge in [-0.3, -0.25) is 0 Å². The van der Waals surface area contributed by atoms with Crippen molar-refractivity contribution in [3.05, 3.63) is 12.2 Å². The third-order valence-electron chi connectivity index (χ3n) is 1.97. The van der Waals surface area contributed by atoms with E-state index in [1.807, 2.05) is 6.92 Å². The van der Waals surface area contributed by atoms with Crippen LogP contribution >= 0.6 is 0 Å². The van der Waals surface area contributed by atoms with Crippen molar-refractivity contribution in [3.8, 4) is 0 Å². The van der Waals surface area contributed by atoms with E-state index in [1.165, 1.54) is 19.3 Å². The third-order valence-corrected chi connectivity index (χ3v) is 1.97. The van der Waals surface area contributed by atoms with Crippen LogP contribution in [0, 0.1) is 5.92 Å². The van der Waals surface area contributed by atoms with Crippen LogP contribution in [0.5, 0.6) is 0 Å². The minimum absolute atomic E-state index is 0.0820. The molecular formula is C11H21O. The first-order valence-corrected chi connectivity index (χ1v) is 5.04. The lowest BCUT2D eigenvalue weighted by atomic mass is 10.1. The molecule has 0 aromatic heterocycles. The molecule has 0 amide bonds. The van der Waals surface area contributed by atoms with E-state index in [9.17, 15) is 5.11 Å². The zero-order valence-electron chi connectivity index (χ0n) is 8.38. The van der Waals surface area contributed by atoms with Gasteiger partial charge in [0.25, 0.3) is 0 Å². The average Bonchev–Trinajstić information content (AvgIpc) is 2.10. The van der Waals surface area contributed by atoms with Crippen molar-refractivity contribution < 1.29 is 5.11 Å².